The lowest BCUT2D eigenvalue weighted by Crippen LogP contribution is -2.81. The maximum atomic E-state index is 14.8. The van der Waals surface area contributed by atoms with Crippen LogP contribution in [0.1, 0.15) is 64.7 Å². The summed E-state index contributed by atoms with van der Waals surface area (Å²) in [6.07, 6.45) is -7.27. The first kappa shape index (κ1) is 30.3. The summed E-state index contributed by atoms with van der Waals surface area (Å²) >= 11 is 0. The van der Waals surface area contributed by atoms with Gasteiger partial charge in [0.2, 0.25) is 0 Å². The summed E-state index contributed by atoms with van der Waals surface area (Å²) in [6.45, 7) is 8.42. The number of fused-ring (bicyclic) bond motifs is 5. The number of aliphatic hydroxyl groups is 3. The molecule has 2 bridgehead atoms. The minimum Gasteiger partial charge on any atom is -0.455 e. The van der Waals surface area contributed by atoms with Gasteiger partial charge in [-0.15, -0.1) is 0 Å². The molecule has 1 unspecified atom stereocenters. The summed E-state index contributed by atoms with van der Waals surface area (Å²) in [5, 5.41) is 35.8. The Morgan fingerprint density at radius 2 is 1.64 bits per heavy atom. The summed E-state index contributed by atoms with van der Waals surface area (Å²) in [5.74, 6) is -4.41. The second-order valence-corrected chi connectivity index (χ2v) is 12.8. The standard InChI is InChI=1S/C31H38O11/c1-15-19(34)13-31(38)26(41-27(37)18-10-8-7-9-11-18)24-29(6,20(35)12-21-30(24,14-39-21)42-17(3)33)25(36)23(40-16(2)32)22(15)28(31,4)5/h7-11,19-21,23-24,26,34-35,38H,12-14H2,1-6H3/t19-,20-,21+,23+,24?,26+,29+,30-,31+/m0/s1. The van der Waals surface area contributed by atoms with Gasteiger partial charge in [-0.25, -0.2) is 4.79 Å². The molecule has 4 aliphatic rings. The molecule has 0 radical (unpaired) electrons. The molecule has 5 rings (SSSR count). The number of Topliss-reactive ketones (excluding diaryl/α,β-unsaturated/α-hetero) is 1. The number of carbonyl (C=O) groups is 4. The van der Waals surface area contributed by atoms with E-state index in [1.807, 2.05) is 0 Å². The molecule has 42 heavy (non-hydrogen) atoms. The average molecular weight is 587 g/mol. The van der Waals surface area contributed by atoms with E-state index in [0.29, 0.717) is 5.57 Å². The average Bonchev–Trinajstić information content (AvgIpc) is 2.90. The Hall–Kier alpha value is -3.12. The Labute approximate surface area is 243 Å². The number of aliphatic hydroxyl groups excluding tert-OH is 2. The van der Waals surface area contributed by atoms with Crippen LogP contribution >= 0.6 is 0 Å². The molecule has 0 aromatic heterocycles. The van der Waals surface area contributed by atoms with Crippen molar-refractivity contribution in [3.05, 3.63) is 47.0 Å². The van der Waals surface area contributed by atoms with Crippen molar-refractivity contribution >= 4 is 23.7 Å². The first-order valence-corrected chi connectivity index (χ1v) is 14.1. The molecule has 3 N–H and O–H groups in total. The zero-order chi connectivity index (χ0) is 31.0. The molecule has 3 fully saturated rings. The number of esters is 3. The highest BCUT2D eigenvalue weighted by atomic mass is 16.6. The maximum Gasteiger partial charge on any atom is 0.338 e. The molecule has 1 aliphatic heterocycles. The van der Waals surface area contributed by atoms with Gasteiger partial charge in [-0.05, 0) is 37.1 Å². The third kappa shape index (κ3) is 4.08. The van der Waals surface area contributed by atoms with Crippen molar-refractivity contribution in [2.75, 3.05) is 6.61 Å². The second-order valence-electron chi connectivity index (χ2n) is 12.8. The first-order chi connectivity index (χ1) is 19.5. The number of rotatable bonds is 4. The molecule has 1 aromatic rings. The smallest absolute Gasteiger partial charge is 0.338 e. The van der Waals surface area contributed by atoms with Crippen LogP contribution in [0, 0.1) is 16.7 Å². The lowest BCUT2D eigenvalue weighted by molar-refractivity contribution is -0.345. The Morgan fingerprint density at radius 1 is 1.00 bits per heavy atom. The molecule has 1 heterocycles. The van der Waals surface area contributed by atoms with Crippen molar-refractivity contribution in [2.24, 2.45) is 16.7 Å². The van der Waals surface area contributed by atoms with Crippen LogP contribution < -0.4 is 0 Å². The highest BCUT2D eigenvalue weighted by Crippen LogP contribution is 2.64. The minimum absolute atomic E-state index is 0.110. The van der Waals surface area contributed by atoms with Crippen LogP contribution in [0.15, 0.2) is 41.5 Å². The molecule has 228 valence electrons. The maximum absolute atomic E-state index is 14.8. The molecule has 2 saturated carbocycles. The van der Waals surface area contributed by atoms with E-state index >= 15 is 0 Å². The van der Waals surface area contributed by atoms with Crippen LogP contribution in [0.2, 0.25) is 0 Å². The van der Waals surface area contributed by atoms with Gasteiger partial charge < -0.3 is 34.3 Å². The van der Waals surface area contributed by atoms with Crippen LogP contribution in [0.5, 0.6) is 0 Å². The molecule has 3 aliphatic carbocycles. The molecule has 11 nitrogen and oxygen atoms in total. The number of hydrogen-bond acceptors (Lipinski definition) is 11. The van der Waals surface area contributed by atoms with Gasteiger partial charge in [-0.2, -0.15) is 0 Å². The van der Waals surface area contributed by atoms with Crippen molar-refractivity contribution in [2.45, 2.75) is 96.1 Å². The van der Waals surface area contributed by atoms with Gasteiger partial charge in [0.05, 0.1) is 35.7 Å². The summed E-state index contributed by atoms with van der Waals surface area (Å²) in [4.78, 5) is 53.4. The van der Waals surface area contributed by atoms with E-state index in [4.69, 9.17) is 18.9 Å². The number of ether oxygens (including phenoxy) is 4. The predicted molar refractivity (Wildman–Crippen MR) is 145 cm³/mol. The highest BCUT2D eigenvalue weighted by Gasteiger charge is 2.78. The van der Waals surface area contributed by atoms with Gasteiger partial charge in [0, 0.05) is 32.1 Å². The van der Waals surface area contributed by atoms with Gasteiger partial charge in [-0.1, -0.05) is 32.0 Å². The fraction of sp³-hybridized carbons (Fsp3) is 0.613. The van der Waals surface area contributed by atoms with Crippen LogP contribution in [0.3, 0.4) is 0 Å². The van der Waals surface area contributed by atoms with E-state index in [1.54, 1.807) is 39.0 Å². The van der Waals surface area contributed by atoms with Crippen molar-refractivity contribution < 1.29 is 53.4 Å². The van der Waals surface area contributed by atoms with Gasteiger partial charge in [0.1, 0.15) is 17.8 Å². The molecule has 11 heteroatoms. The van der Waals surface area contributed by atoms with Crippen LogP contribution in [0.25, 0.3) is 0 Å². The van der Waals surface area contributed by atoms with E-state index in [9.17, 15) is 34.5 Å². The topological polar surface area (TPSA) is 166 Å². The Morgan fingerprint density at radius 3 is 2.19 bits per heavy atom. The second kappa shape index (κ2) is 9.97. The van der Waals surface area contributed by atoms with Gasteiger partial charge in [0.15, 0.2) is 17.5 Å². The highest BCUT2D eigenvalue weighted by molar-refractivity contribution is 5.95. The zero-order valence-corrected chi connectivity index (χ0v) is 24.6. The largest absolute Gasteiger partial charge is 0.455 e. The summed E-state index contributed by atoms with van der Waals surface area (Å²) in [7, 11) is 0. The zero-order valence-electron chi connectivity index (χ0n) is 24.6. The fourth-order valence-corrected chi connectivity index (χ4v) is 7.91. The van der Waals surface area contributed by atoms with Crippen molar-refractivity contribution in [1.29, 1.82) is 0 Å². The summed E-state index contributed by atoms with van der Waals surface area (Å²) in [5.41, 5.74) is -6.38. The number of ketones is 1. The fourth-order valence-electron chi connectivity index (χ4n) is 7.91. The molecule has 1 aromatic carbocycles. The first-order valence-electron chi connectivity index (χ1n) is 14.1. The van der Waals surface area contributed by atoms with Crippen molar-refractivity contribution in [3.63, 3.8) is 0 Å². The predicted octanol–water partition coefficient (Wildman–Crippen LogP) is 1.65. The normalized spacial score (nSPS) is 40.4. The van der Waals surface area contributed by atoms with E-state index in [2.05, 4.69) is 0 Å². The Bertz CT molecular complexity index is 1350. The number of carbonyl (C=O) groups excluding carboxylic acids is 4. The van der Waals surface area contributed by atoms with E-state index in [-0.39, 0.29) is 30.6 Å². The number of hydrogen-bond donors (Lipinski definition) is 3. The monoisotopic (exact) mass is 586 g/mol. The van der Waals surface area contributed by atoms with Crippen molar-refractivity contribution in [1.82, 2.24) is 0 Å². The lowest BCUT2D eigenvalue weighted by atomic mass is 9.44. The molecule has 1 saturated heterocycles. The minimum atomic E-state index is -2.11. The molecule has 9 atom stereocenters. The third-order valence-electron chi connectivity index (χ3n) is 10.2. The molecular weight excluding hydrogens is 548 g/mol. The quantitative estimate of drug-likeness (QED) is 0.267. The number of benzene rings is 1. The Balaban J connectivity index is 1.84. The van der Waals surface area contributed by atoms with Gasteiger partial charge in [-0.3, -0.25) is 14.4 Å². The van der Waals surface area contributed by atoms with Crippen LogP contribution in [-0.2, 0) is 33.3 Å². The molecule has 0 amide bonds. The SMILES string of the molecule is CC(=O)O[C@H]1C(=O)[C@@]2(C)C([C@@H](OC(=O)c3ccccc3)[C@]3(O)C[C@H](O)C(C)=C1C3(C)C)[C@]1(OC(C)=O)CO[C@@H]1C[C@@H]2O. The lowest BCUT2D eigenvalue weighted by Gasteiger charge is -2.67. The third-order valence-corrected chi connectivity index (χ3v) is 10.2. The molecular formula is C31H38O11. The van der Waals surface area contributed by atoms with Gasteiger partial charge in [0.25, 0.3) is 0 Å². The van der Waals surface area contributed by atoms with Crippen molar-refractivity contribution in [3.8, 4) is 0 Å². The van der Waals surface area contributed by atoms with Gasteiger partial charge >= 0.3 is 17.9 Å². The molecule has 0 spiro atoms. The van der Waals surface area contributed by atoms with E-state index < -0.39 is 82.2 Å². The summed E-state index contributed by atoms with van der Waals surface area (Å²) < 4.78 is 23.5. The summed E-state index contributed by atoms with van der Waals surface area (Å²) in [6, 6.07) is 8.05. The van der Waals surface area contributed by atoms with Crippen LogP contribution in [-0.4, -0.2) is 87.3 Å². The Kier molecular flexibility index (Phi) is 7.20. The van der Waals surface area contributed by atoms with Crippen LogP contribution in [0.4, 0.5) is 0 Å². The van der Waals surface area contributed by atoms with E-state index in [0.717, 1.165) is 6.92 Å². The van der Waals surface area contributed by atoms with E-state index in [1.165, 1.54) is 26.0 Å².